The van der Waals surface area contributed by atoms with E-state index in [1.807, 2.05) is 0 Å². The summed E-state index contributed by atoms with van der Waals surface area (Å²) in [5, 5.41) is 10.4. The minimum absolute atomic E-state index is 0.174. The Morgan fingerprint density at radius 2 is 2.06 bits per heavy atom. The second-order valence-electron chi connectivity index (χ2n) is 2.61. The maximum Gasteiger partial charge on any atom is 0.574 e. The normalized spacial score (nSPS) is 11.1. The van der Waals surface area contributed by atoms with Gasteiger partial charge in [0.15, 0.2) is 6.29 Å². The molecule has 6 nitrogen and oxygen atoms in total. The van der Waals surface area contributed by atoms with Crippen molar-refractivity contribution in [3.63, 3.8) is 0 Å². The highest BCUT2D eigenvalue weighted by Gasteiger charge is 2.37. The number of aromatic nitrogens is 1. The van der Waals surface area contributed by atoms with Crippen molar-refractivity contribution in [3.05, 3.63) is 27.7 Å². The zero-order valence-electron chi connectivity index (χ0n) is 7.69. The van der Waals surface area contributed by atoms with Crippen LogP contribution >= 0.6 is 0 Å². The van der Waals surface area contributed by atoms with Gasteiger partial charge in [0, 0.05) is 6.07 Å². The zero-order valence-corrected chi connectivity index (χ0v) is 7.69. The number of carbonyl (C=O) groups excluding carboxylic acids is 1. The van der Waals surface area contributed by atoms with Gasteiger partial charge in [0.1, 0.15) is 5.56 Å². The first kappa shape index (κ1) is 12.8. The van der Waals surface area contributed by atoms with Gasteiger partial charge in [0.25, 0.3) is 0 Å². The van der Waals surface area contributed by atoms with E-state index in [4.69, 9.17) is 0 Å². The third kappa shape index (κ3) is 3.09. The van der Waals surface area contributed by atoms with Crippen LogP contribution in [0, 0.1) is 16.1 Å². The lowest BCUT2D eigenvalue weighted by Crippen LogP contribution is -2.19. The maximum absolute atomic E-state index is 12.7. The number of hydrogen-bond acceptors (Lipinski definition) is 5. The fourth-order valence-electron chi connectivity index (χ4n) is 0.957. The highest BCUT2D eigenvalue weighted by Crippen LogP contribution is 2.32. The number of alkyl halides is 3. The fraction of sp³-hybridized carbons (Fsp3) is 0.143. The van der Waals surface area contributed by atoms with E-state index in [1.54, 1.807) is 0 Å². The van der Waals surface area contributed by atoms with Gasteiger partial charge in [-0.1, -0.05) is 0 Å². The molecular formula is C7H2F4N2O4. The molecule has 0 atom stereocenters. The molecular weight excluding hydrogens is 252 g/mol. The van der Waals surface area contributed by atoms with Gasteiger partial charge in [-0.25, -0.2) is 0 Å². The third-order valence-electron chi connectivity index (χ3n) is 1.48. The molecule has 1 aromatic rings. The van der Waals surface area contributed by atoms with E-state index in [1.165, 1.54) is 0 Å². The van der Waals surface area contributed by atoms with E-state index >= 15 is 0 Å². The zero-order chi connectivity index (χ0) is 13.2. The molecule has 1 aromatic heterocycles. The number of pyridine rings is 1. The first-order valence-electron chi connectivity index (χ1n) is 3.80. The largest absolute Gasteiger partial charge is 0.574 e. The number of halogens is 4. The maximum atomic E-state index is 12.7. The van der Waals surface area contributed by atoms with Gasteiger partial charge < -0.3 is 4.74 Å². The lowest BCUT2D eigenvalue weighted by atomic mass is 10.2. The van der Waals surface area contributed by atoms with Crippen LogP contribution < -0.4 is 4.74 Å². The summed E-state index contributed by atoms with van der Waals surface area (Å²) in [7, 11) is 0. The molecule has 10 heteroatoms. The average molecular weight is 254 g/mol. The van der Waals surface area contributed by atoms with Crippen molar-refractivity contribution < 1.29 is 32.0 Å². The van der Waals surface area contributed by atoms with Gasteiger partial charge in [-0.05, 0) is 0 Å². The molecule has 0 saturated carbocycles. The Balaban J connectivity index is 3.41. The van der Waals surface area contributed by atoms with E-state index < -0.39 is 34.4 Å². The summed E-state index contributed by atoms with van der Waals surface area (Å²) < 4.78 is 51.4. The second-order valence-corrected chi connectivity index (χ2v) is 2.61. The molecule has 1 heterocycles. The van der Waals surface area contributed by atoms with Crippen molar-refractivity contribution in [2.24, 2.45) is 0 Å². The Morgan fingerprint density at radius 3 is 2.47 bits per heavy atom. The van der Waals surface area contributed by atoms with Crippen LogP contribution in [0.15, 0.2) is 6.07 Å². The molecule has 0 bridgehead atoms. The summed E-state index contributed by atoms with van der Waals surface area (Å²) in [4.78, 5) is 22.1. The second kappa shape index (κ2) is 4.31. The molecule has 17 heavy (non-hydrogen) atoms. The van der Waals surface area contributed by atoms with Gasteiger partial charge in [0.05, 0.1) is 4.92 Å². The van der Waals surface area contributed by atoms with E-state index in [0.29, 0.717) is 6.07 Å². The summed E-state index contributed by atoms with van der Waals surface area (Å²) >= 11 is 0. The summed E-state index contributed by atoms with van der Waals surface area (Å²) in [5.41, 5.74) is -2.25. The quantitative estimate of drug-likeness (QED) is 0.270. The Bertz CT molecular complexity index is 474. The van der Waals surface area contributed by atoms with Gasteiger partial charge in [-0.3, -0.25) is 14.9 Å². The van der Waals surface area contributed by atoms with Crippen LogP contribution in [0.2, 0.25) is 0 Å². The minimum Gasteiger partial charge on any atom is -0.380 e. The summed E-state index contributed by atoms with van der Waals surface area (Å²) in [6.45, 7) is 0. The van der Waals surface area contributed by atoms with Crippen LogP contribution in [-0.4, -0.2) is 22.6 Å². The number of carbonyl (C=O) groups is 1. The van der Waals surface area contributed by atoms with Gasteiger partial charge in [0.2, 0.25) is 5.95 Å². The van der Waals surface area contributed by atoms with E-state index in [9.17, 15) is 32.5 Å². The van der Waals surface area contributed by atoms with Gasteiger partial charge in [-0.2, -0.15) is 9.37 Å². The SMILES string of the molecule is O=Cc1cc(F)nc(OC(F)(F)F)c1[N+](=O)[O-]. The molecule has 0 saturated heterocycles. The number of aldehydes is 1. The fourth-order valence-corrected chi connectivity index (χ4v) is 0.957. The molecule has 0 spiro atoms. The summed E-state index contributed by atoms with van der Waals surface area (Å²) in [6, 6.07) is 0.328. The molecule has 0 aliphatic carbocycles. The van der Waals surface area contributed by atoms with Crippen molar-refractivity contribution in [1.82, 2.24) is 4.98 Å². The van der Waals surface area contributed by atoms with Crippen molar-refractivity contribution in [1.29, 1.82) is 0 Å². The van der Waals surface area contributed by atoms with E-state index in [2.05, 4.69) is 9.72 Å². The molecule has 0 unspecified atom stereocenters. The minimum atomic E-state index is -5.29. The highest BCUT2D eigenvalue weighted by molar-refractivity contribution is 5.82. The van der Waals surface area contributed by atoms with E-state index in [-0.39, 0.29) is 6.29 Å². The standard InChI is InChI=1S/C7H2F4N2O4/c8-4-1-3(2-14)5(13(15)16)6(12-4)17-7(9,10)11/h1-2H. The first-order valence-corrected chi connectivity index (χ1v) is 3.80. The smallest absolute Gasteiger partial charge is 0.380 e. The average Bonchev–Trinajstić information content (AvgIpc) is 2.12. The monoisotopic (exact) mass is 254 g/mol. The van der Waals surface area contributed by atoms with Crippen LogP contribution in [-0.2, 0) is 0 Å². The Labute approximate surface area is 90.0 Å². The van der Waals surface area contributed by atoms with Crippen LogP contribution in [0.5, 0.6) is 5.88 Å². The molecule has 1 rings (SSSR count). The van der Waals surface area contributed by atoms with Gasteiger partial charge in [-0.15, -0.1) is 13.2 Å². The lowest BCUT2D eigenvalue weighted by molar-refractivity contribution is -0.389. The molecule has 0 aliphatic heterocycles. The molecule has 0 amide bonds. The first-order chi connectivity index (χ1) is 7.74. The van der Waals surface area contributed by atoms with Crippen molar-refractivity contribution >= 4 is 12.0 Å². The molecule has 0 radical (unpaired) electrons. The lowest BCUT2D eigenvalue weighted by Gasteiger charge is -2.08. The summed E-state index contributed by atoms with van der Waals surface area (Å²) in [5.74, 6) is -3.12. The van der Waals surface area contributed by atoms with Crippen LogP contribution in [0.4, 0.5) is 23.2 Å². The van der Waals surface area contributed by atoms with Crippen molar-refractivity contribution in [2.45, 2.75) is 6.36 Å². The van der Waals surface area contributed by atoms with Crippen LogP contribution in [0.3, 0.4) is 0 Å². The number of ether oxygens (including phenoxy) is 1. The molecule has 92 valence electrons. The van der Waals surface area contributed by atoms with Gasteiger partial charge >= 0.3 is 17.9 Å². The Morgan fingerprint density at radius 1 is 1.47 bits per heavy atom. The molecule has 0 aromatic carbocycles. The number of hydrogen-bond donors (Lipinski definition) is 0. The molecule has 0 aliphatic rings. The van der Waals surface area contributed by atoms with Crippen LogP contribution in [0.1, 0.15) is 10.4 Å². The predicted molar refractivity (Wildman–Crippen MR) is 42.9 cm³/mol. The Hall–Kier alpha value is -2.26. The number of rotatable bonds is 3. The predicted octanol–water partition coefficient (Wildman–Crippen LogP) is 1.84. The number of nitro groups is 1. The molecule has 0 fully saturated rings. The van der Waals surface area contributed by atoms with Crippen molar-refractivity contribution in [3.8, 4) is 5.88 Å². The molecule has 0 N–H and O–H groups in total. The third-order valence-corrected chi connectivity index (χ3v) is 1.48. The topological polar surface area (TPSA) is 82.3 Å². The number of nitrogens with zero attached hydrogens (tertiary/aromatic N) is 2. The van der Waals surface area contributed by atoms with Crippen LogP contribution in [0.25, 0.3) is 0 Å². The highest BCUT2D eigenvalue weighted by atomic mass is 19.4. The summed E-state index contributed by atoms with van der Waals surface area (Å²) in [6.07, 6.45) is -5.46. The van der Waals surface area contributed by atoms with Crippen molar-refractivity contribution in [2.75, 3.05) is 0 Å². The Kier molecular flexibility index (Phi) is 3.25. The van der Waals surface area contributed by atoms with E-state index in [0.717, 1.165) is 0 Å².